The van der Waals surface area contributed by atoms with Gasteiger partial charge in [-0.2, -0.15) is 0 Å². The molecule has 1 aromatic heterocycles. The highest BCUT2D eigenvalue weighted by Crippen LogP contribution is 2.23. The number of hydrogen-bond donors (Lipinski definition) is 1. The van der Waals surface area contributed by atoms with Gasteiger partial charge in [-0.15, -0.1) is 36.2 Å². The van der Waals surface area contributed by atoms with Crippen molar-refractivity contribution in [3.05, 3.63) is 29.3 Å². The van der Waals surface area contributed by atoms with Gasteiger partial charge in [0.1, 0.15) is 5.01 Å². The summed E-state index contributed by atoms with van der Waals surface area (Å²) in [5, 5.41) is 4.38. The van der Waals surface area contributed by atoms with Crippen LogP contribution in [-0.4, -0.2) is 35.9 Å². The molecule has 1 saturated heterocycles. The highest BCUT2D eigenvalue weighted by molar-refractivity contribution is 7.18. The zero-order valence-electron chi connectivity index (χ0n) is 13.9. The number of nitrogens with zero attached hydrogens (tertiary/aromatic N) is 2. The molecule has 0 aliphatic carbocycles. The summed E-state index contributed by atoms with van der Waals surface area (Å²) in [6.45, 7) is 2.81. The lowest BCUT2D eigenvalue weighted by Gasteiger charge is -2.23. The second-order valence-electron chi connectivity index (χ2n) is 6.06. The Hall–Kier alpha value is -0.880. The quantitative estimate of drug-likeness (QED) is 0.843. The molecule has 1 aromatic carbocycles. The number of rotatable bonds is 5. The number of fused-ring (bicyclic) bond motifs is 1. The van der Waals surface area contributed by atoms with Crippen LogP contribution in [0.3, 0.4) is 0 Å². The average Bonchev–Trinajstić information content (AvgIpc) is 2.95. The third-order valence-corrected chi connectivity index (χ3v) is 5.38. The maximum absolute atomic E-state index is 12.3. The molecule has 1 aliphatic rings. The normalized spacial score (nSPS) is 14.7. The summed E-state index contributed by atoms with van der Waals surface area (Å²) >= 11 is 1.68. The minimum absolute atomic E-state index is 0. The molecule has 1 amide bonds. The standard InChI is InChI=1S/C17H23N3OS.2ClH/c1-20(17(21)7-6-13-8-10-18-11-9-13)12-16-19-14-4-2-3-5-15(14)22-16;;/h2-5,13,18H,6-12H2,1H3;2*1H. The maximum Gasteiger partial charge on any atom is 0.222 e. The maximum atomic E-state index is 12.3. The number of carbonyl (C=O) groups excluding carboxylic acids is 1. The Balaban J connectivity index is 0.00000144. The number of hydrogen-bond acceptors (Lipinski definition) is 4. The van der Waals surface area contributed by atoms with Gasteiger partial charge in [0.2, 0.25) is 5.91 Å². The largest absolute Gasteiger partial charge is 0.339 e. The van der Waals surface area contributed by atoms with E-state index in [1.54, 1.807) is 11.3 Å². The first-order valence-corrected chi connectivity index (χ1v) is 8.83. The van der Waals surface area contributed by atoms with Crippen LogP contribution in [0.15, 0.2) is 24.3 Å². The molecule has 3 rings (SSSR count). The summed E-state index contributed by atoms with van der Waals surface area (Å²) in [5.74, 6) is 0.943. The smallest absolute Gasteiger partial charge is 0.222 e. The van der Waals surface area contributed by atoms with E-state index in [2.05, 4.69) is 16.4 Å². The van der Waals surface area contributed by atoms with Gasteiger partial charge in [-0.05, 0) is 50.4 Å². The van der Waals surface area contributed by atoms with Crippen molar-refractivity contribution in [3.63, 3.8) is 0 Å². The number of amides is 1. The van der Waals surface area contributed by atoms with E-state index in [1.807, 2.05) is 30.1 Å². The van der Waals surface area contributed by atoms with Crippen molar-refractivity contribution in [2.75, 3.05) is 20.1 Å². The highest BCUT2D eigenvalue weighted by atomic mass is 35.5. The van der Waals surface area contributed by atoms with E-state index in [-0.39, 0.29) is 30.7 Å². The van der Waals surface area contributed by atoms with Gasteiger partial charge in [0.05, 0.1) is 16.8 Å². The Morgan fingerprint density at radius 2 is 2.00 bits per heavy atom. The lowest BCUT2D eigenvalue weighted by Crippen LogP contribution is -2.30. The van der Waals surface area contributed by atoms with Gasteiger partial charge in [-0.25, -0.2) is 4.98 Å². The van der Waals surface area contributed by atoms with Crippen LogP contribution in [0.4, 0.5) is 0 Å². The van der Waals surface area contributed by atoms with Crippen LogP contribution < -0.4 is 5.32 Å². The molecule has 24 heavy (non-hydrogen) atoms. The summed E-state index contributed by atoms with van der Waals surface area (Å²) in [7, 11) is 1.89. The Kier molecular flexibility index (Phi) is 8.98. The van der Waals surface area contributed by atoms with Crippen LogP contribution in [-0.2, 0) is 11.3 Å². The van der Waals surface area contributed by atoms with E-state index in [9.17, 15) is 4.79 Å². The van der Waals surface area contributed by atoms with Gasteiger partial charge in [-0.1, -0.05) is 12.1 Å². The SMILES string of the molecule is CN(Cc1nc2ccccc2s1)C(=O)CCC1CCNCC1.Cl.Cl. The van der Waals surface area contributed by atoms with Gasteiger partial charge >= 0.3 is 0 Å². The van der Waals surface area contributed by atoms with E-state index >= 15 is 0 Å². The van der Waals surface area contributed by atoms with Crippen molar-refractivity contribution in [2.45, 2.75) is 32.2 Å². The lowest BCUT2D eigenvalue weighted by molar-refractivity contribution is -0.130. The molecule has 0 saturated carbocycles. The molecule has 0 atom stereocenters. The zero-order chi connectivity index (χ0) is 15.4. The molecular weight excluding hydrogens is 365 g/mol. The van der Waals surface area contributed by atoms with Gasteiger partial charge in [0.25, 0.3) is 0 Å². The Labute approximate surface area is 159 Å². The first-order chi connectivity index (χ1) is 10.7. The molecule has 1 fully saturated rings. The van der Waals surface area contributed by atoms with E-state index < -0.39 is 0 Å². The third-order valence-electron chi connectivity index (χ3n) is 4.36. The molecule has 0 bridgehead atoms. The van der Waals surface area contributed by atoms with Crippen molar-refractivity contribution in [2.24, 2.45) is 5.92 Å². The average molecular weight is 390 g/mol. The van der Waals surface area contributed by atoms with E-state index in [0.29, 0.717) is 18.9 Å². The van der Waals surface area contributed by atoms with Crippen LogP contribution in [0.5, 0.6) is 0 Å². The van der Waals surface area contributed by atoms with Crippen LogP contribution in [0, 0.1) is 5.92 Å². The Morgan fingerprint density at radius 3 is 2.71 bits per heavy atom. The lowest BCUT2D eigenvalue weighted by atomic mass is 9.93. The predicted octanol–water partition coefficient (Wildman–Crippen LogP) is 3.88. The van der Waals surface area contributed by atoms with Crippen molar-refractivity contribution in [1.29, 1.82) is 0 Å². The van der Waals surface area contributed by atoms with Crippen molar-refractivity contribution >= 4 is 52.3 Å². The molecule has 0 spiro atoms. The number of thiazole rings is 1. The monoisotopic (exact) mass is 389 g/mol. The van der Waals surface area contributed by atoms with Gasteiger partial charge < -0.3 is 10.2 Å². The zero-order valence-corrected chi connectivity index (χ0v) is 16.3. The minimum atomic E-state index is 0. The van der Waals surface area contributed by atoms with E-state index in [0.717, 1.165) is 30.0 Å². The molecule has 0 unspecified atom stereocenters. The minimum Gasteiger partial charge on any atom is -0.339 e. The van der Waals surface area contributed by atoms with E-state index in [1.165, 1.54) is 17.5 Å². The number of benzene rings is 1. The number of halogens is 2. The molecule has 1 aliphatic heterocycles. The van der Waals surface area contributed by atoms with Crippen LogP contribution in [0.2, 0.25) is 0 Å². The van der Waals surface area contributed by atoms with Crippen LogP contribution in [0.25, 0.3) is 10.2 Å². The summed E-state index contributed by atoms with van der Waals surface area (Å²) in [5.41, 5.74) is 1.03. The van der Waals surface area contributed by atoms with Crippen LogP contribution in [0.1, 0.15) is 30.7 Å². The fourth-order valence-corrected chi connectivity index (χ4v) is 3.99. The number of aromatic nitrogens is 1. The second-order valence-corrected chi connectivity index (χ2v) is 7.17. The summed E-state index contributed by atoms with van der Waals surface area (Å²) in [4.78, 5) is 18.7. The number of carbonyl (C=O) groups is 1. The molecular formula is C17H25Cl2N3OS. The van der Waals surface area contributed by atoms with Crippen molar-refractivity contribution < 1.29 is 4.79 Å². The first kappa shape index (κ1) is 21.2. The molecule has 0 radical (unpaired) electrons. The third kappa shape index (κ3) is 5.59. The van der Waals surface area contributed by atoms with E-state index in [4.69, 9.17) is 0 Å². The van der Waals surface area contributed by atoms with Gasteiger partial charge in [0, 0.05) is 13.5 Å². The highest BCUT2D eigenvalue weighted by Gasteiger charge is 2.17. The first-order valence-electron chi connectivity index (χ1n) is 8.01. The number of nitrogens with one attached hydrogen (secondary N) is 1. The summed E-state index contributed by atoms with van der Waals surface area (Å²) in [6.07, 6.45) is 4.08. The molecule has 1 N–H and O–H groups in total. The Morgan fingerprint density at radius 1 is 1.29 bits per heavy atom. The molecule has 2 heterocycles. The Bertz CT molecular complexity index is 611. The second kappa shape index (κ2) is 10.2. The number of para-hydroxylation sites is 1. The van der Waals surface area contributed by atoms with Crippen molar-refractivity contribution in [3.8, 4) is 0 Å². The predicted molar refractivity (Wildman–Crippen MR) is 105 cm³/mol. The summed E-state index contributed by atoms with van der Waals surface area (Å²) < 4.78 is 1.19. The van der Waals surface area contributed by atoms with Gasteiger partial charge in [0.15, 0.2) is 0 Å². The van der Waals surface area contributed by atoms with Crippen molar-refractivity contribution in [1.82, 2.24) is 15.2 Å². The number of piperidine rings is 1. The van der Waals surface area contributed by atoms with Crippen LogP contribution >= 0.6 is 36.2 Å². The molecule has 4 nitrogen and oxygen atoms in total. The van der Waals surface area contributed by atoms with Gasteiger partial charge in [-0.3, -0.25) is 4.79 Å². The fourth-order valence-electron chi connectivity index (χ4n) is 2.97. The molecule has 134 valence electrons. The molecule has 2 aromatic rings. The topological polar surface area (TPSA) is 45.2 Å². The molecule has 7 heteroatoms. The fraction of sp³-hybridized carbons (Fsp3) is 0.529. The summed E-state index contributed by atoms with van der Waals surface area (Å²) in [6, 6.07) is 8.13.